The van der Waals surface area contributed by atoms with Crippen molar-refractivity contribution in [3.8, 4) is 11.1 Å². The molecule has 7 nitrogen and oxygen atoms in total. The average molecular weight is 435 g/mol. The molecule has 4 rings (SSSR count). The third-order valence-electron chi connectivity index (χ3n) is 6.77. The Kier molecular flexibility index (Phi) is 6.26. The summed E-state index contributed by atoms with van der Waals surface area (Å²) in [6, 6.07) is 11.6. The fourth-order valence-electron chi connectivity index (χ4n) is 5.00. The van der Waals surface area contributed by atoms with Crippen molar-refractivity contribution in [2.24, 2.45) is 5.41 Å². The maximum Gasteiger partial charge on any atom is 0.245 e. The number of nitrogens with zero attached hydrogens (tertiary/aromatic N) is 3. The third-order valence-corrected chi connectivity index (χ3v) is 6.77. The van der Waals surface area contributed by atoms with E-state index in [1.165, 1.54) is 0 Å². The van der Waals surface area contributed by atoms with Crippen LogP contribution in [0.2, 0.25) is 0 Å². The van der Waals surface area contributed by atoms with E-state index in [-0.39, 0.29) is 17.7 Å². The smallest absolute Gasteiger partial charge is 0.245 e. The van der Waals surface area contributed by atoms with Crippen LogP contribution in [0.25, 0.3) is 11.1 Å². The predicted molar refractivity (Wildman–Crippen MR) is 121 cm³/mol. The maximum atomic E-state index is 13.2. The molecule has 1 aromatic heterocycles. The second-order valence-electron chi connectivity index (χ2n) is 8.85. The van der Waals surface area contributed by atoms with Gasteiger partial charge in [-0.3, -0.25) is 19.4 Å². The van der Waals surface area contributed by atoms with Gasteiger partial charge < -0.3 is 15.1 Å². The number of likely N-dealkylation sites (tertiary alicyclic amines) is 2. The number of nitrogens with one attached hydrogen (secondary N) is 1. The van der Waals surface area contributed by atoms with Crippen molar-refractivity contribution in [3.63, 3.8) is 0 Å². The number of hydrogen-bond donors (Lipinski definition) is 1. The normalized spacial score (nSPS) is 21.6. The Hall–Kier alpha value is -3.22. The van der Waals surface area contributed by atoms with Crippen molar-refractivity contribution in [3.05, 3.63) is 54.4 Å². The van der Waals surface area contributed by atoms with E-state index < -0.39 is 11.5 Å². The number of carbonyl (C=O) groups is 3. The SMILES string of the molecule is CNC(=O)[C@]1(Cc2cccc(-c3cccnc3)c2)CCN(C(=O)[C@@H](C)N2CCCC2=O)C1. The van der Waals surface area contributed by atoms with Gasteiger partial charge in [-0.25, -0.2) is 0 Å². The number of carbonyl (C=O) groups excluding carboxylic acids is 3. The van der Waals surface area contributed by atoms with Crippen LogP contribution in [0.1, 0.15) is 31.7 Å². The summed E-state index contributed by atoms with van der Waals surface area (Å²) in [5.74, 6) is -0.0885. The van der Waals surface area contributed by atoms with Gasteiger partial charge in [-0.1, -0.05) is 30.3 Å². The topological polar surface area (TPSA) is 82.6 Å². The quantitative estimate of drug-likeness (QED) is 0.756. The molecule has 0 aliphatic carbocycles. The van der Waals surface area contributed by atoms with E-state index in [2.05, 4.69) is 16.4 Å². The van der Waals surface area contributed by atoms with Gasteiger partial charge >= 0.3 is 0 Å². The molecule has 0 unspecified atom stereocenters. The molecular weight excluding hydrogens is 404 g/mol. The van der Waals surface area contributed by atoms with Crippen LogP contribution in [0.4, 0.5) is 0 Å². The number of hydrogen-bond acceptors (Lipinski definition) is 4. The Labute approximate surface area is 188 Å². The summed E-state index contributed by atoms with van der Waals surface area (Å²) in [7, 11) is 1.64. The number of pyridine rings is 1. The highest BCUT2D eigenvalue weighted by Crippen LogP contribution is 2.36. The first-order valence-electron chi connectivity index (χ1n) is 11.2. The van der Waals surface area contributed by atoms with Crippen molar-refractivity contribution in [1.29, 1.82) is 0 Å². The first-order valence-corrected chi connectivity index (χ1v) is 11.2. The molecule has 3 heterocycles. The van der Waals surface area contributed by atoms with Gasteiger partial charge in [0.2, 0.25) is 17.7 Å². The summed E-state index contributed by atoms with van der Waals surface area (Å²) < 4.78 is 0. The van der Waals surface area contributed by atoms with Gasteiger partial charge in [0.05, 0.1) is 5.41 Å². The molecule has 32 heavy (non-hydrogen) atoms. The predicted octanol–water partition coefficient (Wildman–Crippen LogP) is 2.27. The lowest BCUT2D eigenvalue weighted by Gasteiger charge is -2.30. The molecule has 2 aliphatic rings. The van der Waals surface area contributed by atoms with Gasteiger partial charge in [-0.2, -0.15) is 0 Å². The lowest BCUT2D eigenvalue weighted by Crippen LogP contribution is -2.49. The molecule has 1 aromatic carbocycles. The highest BCUT2D eigenvalue weighted by molar-refractivity contribution is 5.90. The highest BCUT2D eigenvalue weighted by atomic mass is 16.2. The molecule has 2 atom stereocenters. The summed E-state index contributed by atoms with van der Waals surface area (Å²) in [5, 5.41) is 2.81. The largest absolute Gasteiger partial charge is 0.359 e. The summed E-state index contributed by atoms with van der Waals surface area (Å²) in [5.41, 5.74) is 2.43. The Balaban J connectivity index is 1.54. The van der Waals surface area contributed by atoms with Crippen LogP contribution in [0.3, 0.4) is 0 Å². The molecule has 0 saturated carbocycles. The number of aromatic nitrogens is 1. The van der Waals surface area contributed by atoms with Crippen LogP contribution in [0.15, 0.2) is 48.8 Å². The molecule has 168 valence electrons. The second kappa shape index (κ2) is 9.10. The monoisotopic (exact) mass is 434 g/mol. The van der Waals surface area contributed by atoms with Crippen LogP contribution >= 0.6 is 0 Å². The van der Waals surface area contributed by atoms with Crippen LogP contribution < -0.4 is 5.32 Å². The lowest BCUT2D eigenvalue weighted by atomic mass is 9.79. The van der Waals surface area contributed by atoms with E-state index in [0.717, 1.165) is 23.1 Å². The maximum absolute atomic E-state index is 13.2. The molecule has 7 heteroatoms. The minimum absolute atomic E-state index is 0.0369. The summed E-state index contributed by atoms with van der Waals surface area (Å²) >= 11 is 0. The van der Waals surface area contributed by atoms with Gasteiger partial charge in [-0.05, 0) is 48.9 Å². The standard InChI is InChI=1S/C25H30N4O3/c1-18(29-12-5-9-22(29)30)23(31)28-13-10-25(17-28,24(32)26-2)15-19-6-3-7-20(14-19)21-8-4-11-27-16-21/h3-4,6-8,11,14,16,18H,5,9-10,12-13,15,17H2,1-2H3,(H,26,32)/t18-,25+/m1/s1. The fourth-order valence-corrected chi connectivity index (χ4v) is 5.00. The molecule has 0 spiro atoms. The molecular formula is C25H30N4O3. The fraction of sp³-hybridized carbons (Fsp3) is 0.440. The van der Waals surface area contributed by atoms with Crippen LogP contribution in [-0.2, 0) is 20.8 Å². The second-order valence-corrected chi connectivity index (χ2v) is 8.85. The van der Waals surface area contributed by atoms with E-state index in [9.17, 15) is 14.4 Å². The van der Waals surface area contributed by atoms with Crippen LogP contribution in [-0.4, -0.2) is 65.2 Å². The molecule has 3 amide bonds. The molecule has 1 N–H and O–H groups in total. The van der Waals surface area contributed by atoms with E-state index in [1.807, 2.05) is 36.5 Å². The molecule has 2 aliphatic heterocycles. The zero-order valence-electron chi connectivity index (χ0n) is 18.7. The van der Waals surface area contributed by atoms with Gasteiger partial charge in [0, 0.05) is 45.5 Å². The van der Waals surface area contributed by atoms with E-state index in [4.69, 9.17) is 0 Å². The summed E-state index contributed by atoms with van der Waals surface area (Å²) in [6.45, 7) is 3.29. The van der Waals surface area contributed by atoms with Crippen LogP contribution in [0.5, 0.6) is 0 Å². The molecule has 0 radical (unpaired) electrons. The Morgan fingerprint density at radius 3 is 2.69 bits per heavy atom. The molecule has 2 aromatic rings. The van der Waals surface area contributed by atoms with Crippen LogP contribution in [0, 0.1) is 5.41 Å². The van der Waals surface area contributed by atoms with Crippen molar-refractivity contribution in [1.82, 2.24) is 20.1 Å². The van der Waals surface area contributed by atoms with E-state index >= 15 is 0 Å². The third kappa shape index (κ3) is 4.24. The average Bonchev–Trinajstić information content (AvgIpc) is 3.45. The minimum atomic E-state index is -0.688. The van der Waals surface area contributed by atoms with Crippen molar-refractivity contribution < 1.29 is 14.4 Å². The summed E-state index contributed by atoms with van der Waals surface area (Å²) in [4.78, 5) is 45.9. The van der Waals surface area contributed by atoms with Crippen molar-refractivity contribution in [2.75, 3.05) is 26.7 Å². The highest BCUT2D eigenvalue weighted by Gasteiger charge is 2.47. The Morgan fingerprint density at radius 2 is 2.00 bits per heavy atom. The van der Waals surface area contributed by atoms with E-state index in [1.54, 1.807) is 30.0 Å². The molecule has 2 fully saturated rings. The number of rotatable bonds is 6. The van der Waals surface area contributed by atoms with Gasteiger partial charge in [0.25, 0.3) is 0 Å². The number of benzene rings is 1. The minimum Gasteiger partial charge on any atom is -0.359 e. The van der Waals surface area contributed by atoms with Crippen molar-refractivity contribution in [2.45, 2.75) is 38.6 Å². The van der Waals surface area contributed by atoms with Gasteiger partial charge in [0.1, 0.15) is 6.04 Å². The zero-order chi connectivity index (χ0) is 22.7. The molecule has 2 saturated heterocycles. The first-order chi connectivity index (χ1) is 15.4. The first kappa shape index (κ1) is 22.0. The molecule has 0 bridgehead atoms. The van der Waals surface area contributed by atoms with Gasteiger partial charge in [-0.15, -0.1) is 0 Å². The summed E-state index contributed by atoms with van der Waals surface area (Å²) in [6.07, 6.45) is 6.01. The van der Waals surface area contributed by atoms with Gasteiger partial charge in [0.15, 0.2) is 0 Å². The Morgan fingerprint density at radius 1 is 1.19 bits per heavy atom. The van der Waals surface area contributed by atoms with E-state index in [0.29, 0.717) is 38.9 Å². The zero-order valence-corrected chi connectivity index (χ0v) is 18.7. The van der Waals surface area contributed by atoms with Crippen molar-refractivity contribution >= 4 is 17.7 Å². The lowest BCUT2D eigenvalue weighted by molar-refractivity contribution is -0.142. The number of amides is 3. The Bertz CT molecular complexity index is 1010.